The number of nitrogens with one attached hydrogen (secondary N) is 1. The Hall–Kier alpha value is -1.02. The van der Waals surface area contributed by atoms with Gasteiger partial charge < -0.3 is 10.6 Å². The van der Waals surface area contributed by atoms with Crippen molar-refractivity contribution in [3.05, 3.63) is 24.5 Å². The van der Waals surface area contributed by atoms with Crippen molar-refractivity contribution < 1.29 is 8.42 Å². The Kier molecular flexibility index (Phi) is 4.19. The molecule has 0 aliphatic carbocycles. The highest BCUT2D eigenvalue weighted by Crippen LogP contribution is 2.23. The number of nitrogens with zero attached hydrogens (tertiary/aromatic N) is 2. The molecule has 6 nitrogen and oxygen atoms in total. The van der Waals surface area contributed by atoms with E-state index in [1.807, 2.05) is 7.05 Å². The summed E-state index contributed by atoms with van der Waals surface area (Å²) in [4.78, 5) is 6.20. The van der Waals surface area contributed by atoms with E-state index in [9.17, 15) is 8.42 Å². The normalized spacial score (nSPS) is 20.3. The fourth-order valence-corrected chi connectivity index (χ4v) is 3.68. The van der Waals surface area contributed by atoms with E-state index in [1.165, 1.54) is 12.3 Å². The maximum absolute atomic E-state index is 12.3. The lowest BCUT2D eigenvalue weighted by atomic mass is 9.89. The van der Waals surface area contributed by atoms with Crippen LogP contribution in [0.4, 0.5) is 0 Å². The van der Waals surface area contributed by atoms with Gasteiger partial charge in [-0.15, -0.1) is 0 Å². The zero-order valence-corrected chi connectivity index (χ0v) is 11.9. The Morgan fingerprint density at radius 2 is 2.16 bits per heavy atom. The first-order valence-electron chi connectivity index (χ1n) is 6.30. The van der Waals surface area contributed by atoms with E-state index in [0.717, 1.165) is 25.9 Å². The molecule has 0 spiro atoms. The third-order valence-electron chi connectivity index (χ3n) is 3.63. The molecular weight excluding hydrogens is 264 g/mol. The van der Waals surface area contributed by atoms with E-state index in [1.54, 1.807) is 12.3 Å². The van der Waals surface area contributed by atoms with Gasteiger partial charge in [-0.05, 0) is 45.1 Å². The van der Waals surface area contributed by atoms with Gasteiger partial charge in [0.1, 0.15) is 4.90 Å². The van der Waals surface area contributed by atoms with Gasteiger partial charge in [0.2, 0.25) is 10.0 Å². The van der Waals surface area contributed by atoms with Crippen LogP contribution in [0.25, 0.3) is 0 Å². The number of likely N-dealkylation sites (tertiary alicyclic amines) is 1. The van der Waals surface area contributed by atoms with E-state index in [2.05, 4.69) is 14.6 Å². The van der Waals surface area contributed by atoms with Gasteiger partial charge in [0.15, 0.2) is 0 Å². The molecule has 0 unspecified atom stereocenters. The van der Waals surface area contributed by atoms with Crippen LogP contribution in [0.5, 0.6) is 0 Å². The first-order chi connectivity index (χ1) is 8.97. The fourth-order valence-electron chi connectivity index (χ4n) is 2.24. The summed E-state index contributed by atoms with van der Waals surface area (Å²) in [5, 5.41) is 0. The summed E-state index contributed by atoms with van der Waals surface area (Å²) < 4.78 is 27.4. The number of hydrogen-bond donors (Lipinski definition) is 2. The molecule has 106 valence electrons. The smallest absolute Gasteiger partial charge is 0.242 e. The highest BCUT2D eigenvalue weighted by molar-refractivity contribution is 7.89. The molecule has 1 aliphatic rings. The molecule has 1 aliphatic heterocycles. The molecule has 2 rings (SSSR count). The molecule has 19 heavy (non-hydrogen) atoms. The van der Waals surface area contributed by atoms with Crippen LogP contribution in [0.1, 0.15) is 12.8 Å². The average Bonchev–Trinajstić information content (AvgIpc) is 2.42. The highest BCUT2D eigenvalue weighted by atomic mass is 32.2. The summed E-state index contributed by atoms with van der Waals surface area (Å²) in [6.45, 7) is 1.99. The second-order valence-electron chi connectivity index (χ2n) is 5.08. The standard InChI is InChI=1S/C12H20N4O2S/c1-16-7-4-12(10-13,5-8-16)15-19(17,18)11-3-2-6-14-9-11/h2-3,6,9,15H,4-5,7-8,10,13H2,1H3. The van der Waals surface area contributed by atoms with Gasteiger partial charge in [-0.1, -0.05) is 0 Å². The first-order valence-corrected chi connectivity index (χ1v) is 7.78. The molecule has 1 saturated heterocycles. The van der Waals surface area contributed by atoms with Gasteiger partial charge in [-0.3, -0.25) is 4.98 Å². The Balaban J connectivity index is 2.19. The highest BCUT2D eigenvalue weighted by Gasteiger charge is 2.36. The molecule has 1 aromatic heterocycles. The molecule has 1 fully saturated rings. The average molecular weight is 284 g/mol. The number of piperidine rings is 1. The van der Waals surface area contributed by atoms with Gasteiger partial charge in [0.05, 0.1) is 0 Å². The van der Waals surface area contributed by atoms with Gasteiger partial charge in [0.25, 0.3) is 0 Å². The Labute approximate surface area is 114 Å². The SMILES string of the molecule is CN1CCC(CN)(NS(=O)(=O)c2cccnc2)CC1. The Bertz CT molecular complexity index is 510. The quantitative estimate of drug-likeness (QED) is 0.798. The summed E-state index contributed by atoms with van der Waals surface area (Å²) >= 11 is 0. The number of pyridine rings is 1. The lowest BCUT2D eigenvalue weighted by molar-refractivity contribution is 0.182. The maximum Gasteiger partial charge on any atom is 0.242 e. The summed E-state index contributed by atoms with van der Waals surface area (Å²) in [5.41, 5.74) is 5.27. The summed E-state index contributed by atoms with van der Waals surface area (Å²) in [7, 11) is -1.54. The maximum atomic E-state index is 12.3. The van der Waals surface area contributed by atoms with Crippen molar-refractivity contribution in [2.45, 2.75) is 23.3 Å². The van der Waals surface area contributed by atoms with Crippen LogP contribution in [0.3, 0.4) is 0 Å². The number of sulfonamides is 1. The molecule has 1 aromatic rings. The Morgan fingerprint density at radius 3 is 2.68 bits per heavy atom. The molecule has 2 heterocycles. The minimum Gasteiger partial charge on any atom is -0.329 e. The summed E-state index contributed by atoms with van der Waals surface area (Å²) in [6.07, 6.45) is 4.34. The third kappa shape index (κ3) is 3.30. The van der Waals surface area contributed by atoms with Crippen LogP contribution in [0, 0.1) is 0 Å². The van der Waals surface area contributed by atoms with Crippen molar-refractivity contribution in [3.63, 3.8) is 0 Å². The zero-order valence-electron chi connectivity index (χ0n) is 11.0. The zero-order chi connectivity index (χ0) is 13.9. The Morgan fingerprint density at radius 1 is 1.47 bits per heavy atom. The predicted octanol–water partition coefficient (Wildman–Crippen LogP) is -0.217. The van der Waals surface area contributed by atoms with Crippen molar-refractivity contribution in [1.82, 2.24) is 14.6 Å². The topological polar surface area (TPSA) is 88.3 Å². The van der Waals surface area contributed by atoms with Crippen LogP contribution in [-0.2, 0) is 10.0 Å². The second kappa shape index (κ2) is 5.54. The van der Waals surface area contributed by atoms with E-state index in [0.29, 0.717) is 6.54 Å². The van der Waals surface area contributed by atoms with Crippen molar-refractivity contribution in [2.75, 3.05) is 26.7 Å². The van der Waals surface area contributed by atoms with Crippen LogP contribution in [-0.4, -0.2) is 50.5 Å². The summed E-state index contributed by atoms with van der Waals surface area (Å²) in [5.74, 6) is 0. The van der Waals surface area contributed by atoms with Crippen LogP contribution in [0.15, 0.2) is 29.4 Å². The summed E-state index contributed by atoms with van der Waals surface area (Å²) in [6, 6.07) is 3.15. The van der Waals surface area contributed by atoms with Gasteiger partial charge >= 0.3 is 0 Å². The first kappa shape index (κ1) is 14.4. The number of hydrogen-bond acceptors (Lipinski definition) is 5. The van der Waals surface area contributed by atoms with Gasteiger partial charge in [-0.2, -0.15) is 0 Å². The lowest BCUT2D eigenvalue weighted by Gasteiger charge is -2.40. The van der Waals surface area contributed by atoms with E-state index < -0.39 is 15.6 Å². The van der Waals surface area contributed by atoms with Crippen molar-refractivity contribution in [3.8, 4) is 0 Å². The van der Waals surface area contributed by atoms with E-state index in [4.69, 9.17) is 5.73 Å². The molecule has 0 bridgehead atoms. The minimum absolute atomic E-state index is 0.182. The fraction of sp³-hybridized carbons (Fsp3) is 0.583. The number of nitrogens with two attached hydrogens (primary N) is 1. The molecule has 0 saturated carbocycles. The predicted molar refractivity (Wildman–Crippen MR) is 73.1 cm³/mol. The second-order valence-corrected chi connectivity index (χ2v) is 6.76. The molecular formula is C12H20N4O2S. The largest absolute Gasteiger partial charge is 0.329 e. The van der Waals surface area contributed by atoms with Gasteiger partial charge in [0, 0.05) is 24.5 Å². The molecule has 0 amide bonds. The monoisotopic (exact) mass is 284 g/mol. The molecule has 7 heteroatoms. The molecule has 0 aromatic carbocycles. The van der Waals surface area contributed by atoms with E-state index in [-0.39, 0.29) is 4.90 Å². The van der Waals surface area contributed by atoms with Crippen molar-refractivity contribution in [2.24, 2.45) is 5.73 Å². The lowest BCUT2D eigenvalue weighted by Crippen LogP contribution is -2.58. The van der Waals surface area contributed by atoms with Crippen LogP contribution in [0.2, 0.25) is 0 Å². The number of rotatable bonds is 4. The van der Waals surface area contributed by atoms with Crippen molar-refractivity contribution >= 4 is 10.0 Å². The van der Waals surface area contributed by atoms with Crippen molar-refractivity contribution in [1.29, 1.82) is 0 Å². The molecule has 3 N–H and O–H groups in total. The van der Waals surface area contributed by atoms with Crippen LogP contribution >= 0.6 is 0 Å². The molecule has 0 radical (unpaired) electrons. The minimum atomic E-state index is -3.56. The van der Waals surface area contributed by atoms with E-state index >= 15 is 0 Å². The van der Waals surface area contributed by atoms with Crippen LogP contribution < -0.4 is 10.5 Å². The number of aromatic nitrogens is 1. The molecule has 0 atom stereocenters. The van der Waals surface area contributed by atoms with Gasteiger partial charge in [-0.25, -0.2) is 13.1 Å². The third-order valence-corrected chi connectivity index (χ3v) is 5.19.